The molecule has 2 aliphatic rings. The highest BCUT2D eigenvalue weighted by Gasteiger charge is 2.30. The average molecular weight is 547 g/mol. The number of methoxy groups -OCH3 is 1. The molecule has 0 unspecified atom stereocenters. The van der Waals surface area contributed by atoms with Crippen molar-refractivity contribution < 1.29 is 34.7 Å². The van der Waals surface area contributed by atoms with E-state index in [1.807, 2.05) is 4.90 Å². The number of benzene rings is 2. The first-order valence-electron chi connectivity index (χ1n) is 13.3. The summed E-state index contributed by atoms with van der Waals surface area (Å²) in [5.41, 5.74) is 1.25. The highest BCUT2D eigenvalue weighted by atomic mass is 19.1. The van der Waals surface area contributed by atoms with Crippen molar-refractivity contribution in [3.63, 3.8) is 0 Å². The number of aliphatic hydroxyl groups excluding tert-OH is 1. The first-order chi connectivity index (χ1) is 18.4. The van der Waals surface area contributed by atoms with Crippen LogP contribution < -0.4 is 19.5 Å². The summed E-state index contributed by atoms with van der Waals surface area (Å²) in [7, 11) is 1.58. The van der Waals surface area contributed by atoms with Crippen molar-refractivity contribution in [2.45, 2.75) is 64.3 Å². The Kier molecular flexibility index (Phi) is 11.6. The Morgan fingerprint density at radius 3 is 2.51 bits per heavy atom. The van der Waals surface area contributed by atoms with Crippen molar-refractivity contribution in [1.29, 1.82) is 0 Å². The normalized spacial score (nSPS) is 18.1. The van der Waals surface area contributed by atoms with Gasteiger partial charge in [0.1, 0.15) is 31.2 Å². The molecule has 1 amide bonds. The molecule has 39 heavy (non-hydrogen) atoms. The number of rotatable bonds is 13. The molecule has 8 nitrogen and oxygen atoms in total. The third-order valence-electron chi connectivity index (χ3n) is 7.02. The minimum atomic E-state index is -0.990. The predicted octanol–water partition coefficient (Wildman–Crippen LogP) is 4.74. The van der Waals surface area contributed by atoms with Crippen molar-refractivity contribution >= 4 is 11.7 Å². The molecule has 0 aromatic heterocycles. The number of ketones is 1. The number of ether oxygens (including phenoxy) is 3. The number of aliphatic hydroxyl groups is 1. The number of nitrogens with zero attached hydrogens (tertiary/aromatic N) is 1. The maximum atomic E-state index is 13.8. The van der Waals surface area contributed by atoms with Crippen LogP contribution >= 0.6 is 0 Å². The monoisotopic (exact) mass is 546 g/mol. The van der Waals surface area contributed by atoms with Crippen molar-refractivity contribution in [1.82, 2.24) is 10.2 Å². The van der Waals surface area contributed by atoms with E-state index in [1.165, 1.54) is 0 Å². The largest absolute Gasteiger partial charge is 0.497 e. The molecular formula is C30H43FN2O6. The van der Waals surface area contributed by atoms with E-state index < -0.39 is 18.3 Å². The summed E-state index contributed by atoms with van der Waals surface area (Å²) in [4.78, 5) is 27.1. The third kappa shape index (κ3) is 8.66. The standard InChI is InChI=1S/C29H37FN2O6.CH4.H2/c1-36-23-10-7-20(8-11-23)25(33)5-3-2-4-6-28(34)31-24(19-32-14-13-22(30)18-32)29(35)21-9-12-26-27(17-21)38-16-15-37-26;;/h7-12,17,22,24,29,35H,2-6,13-16,18-19H2,1H3,(H,31,34);1H4;1H/t22-,24-,29-;;/m1../s1. The van der Waals surface area contributed by atoms with E-state index in [9.17, 15) is 19.1 Å². The lowest BCUT2D eigenvalue weighted by Crippen LogP contribution is -2.46. The van der Waals surface area contributed by atoms with Gasteiger partial charge in [0.15, 0.2) is 17.3 Å². The topological polar surface area (TPSA) is 97.3 Å². The van der Waals surface area contributed by atoms with Crippen LogP contribution in [0.1, 0.15) is 69.4 Å². The van der Waals surface area contributed by atoms with Gasteiger partial charge in [-0.1, -0.05) is 19.9 Å². The fourth-order valence-corrected chi connectivity index (χ4v) is 4.88. The maximum Gasteiger partial charge on any atom is 0.220 e. The van der Waals surface area contributed by atoms with E-state index in [-0.39, 0.29) is 27.0 Å². The van der Waals surface area contributed by atoms with Gasteiger partial charge in [-0.05, 0) is 61.2 Å². The molecule has 0 radical (unpaired) electrons. The molecule has 2 aromatic rings. The second-order valence-electron chi connectivity index (χ2n) is 9.88. The van der Waals surface area contributed by atoms with E-state index in [1.54, 1.807) is 49.6 Å². The molecule has 0 spiro atoms. The number of halogens is 1. The molecule has 4 rings (SSSR count). The Labute approximate surface area is 231 Å². The molecule has 1 saturated heterocycles. The molecule has 0 bridgehead atoms. The van der Waals surface area contributed by atoms with Crippen molar-refractivity contribution in [3.8, 4) is 17.2 Å². The van der Waals surface area contributed by atoms with Crippen LogP contribution in [0.2, 0.25) is 0 Å². The maximum absolute atomic E-state index is 13.8. The van der Waals surface area contributed by atoms with Crippen LogP contribution in [0.3, 0.4) is 0 Å². The Morgan fingerprint density at radius 1 is 1.10 bits per heavy atom. The van der Waals surface area contributed by atoms with Crippen LogP contribution in [-0.4, -0.2) is 73.9 Å². The summed E-state index contributed by atoms with van der Waals surface area (Å²) in [5, 5.41) is 14.2. The lowest BCUT2D eigenvalue weighted by molar-refractivity contribution is -0.123. The van der Waals surface area contributed by atoms with E-state index in [4.69, 9.17) is 14.2 Å². The summed E-state index contributed by atoms with van der Waals surface area (Å²) < 4.78 is 30.1. The van der Waals surface area contributed by atoms with Crippen LogP contribution in [0.15, 0.2) is 42.5 Å². The van der Waals surface area contributed by atoms with Gasteiger partial charge < -0.3 is 24.6 Å². The number of alkyl halides is 1. The number of carbonyl (C=O) groups is 2. The van der Waals surface area contributed by atoms with Gasteiger partial charge in [-0.2, -0.15) is 0 Å². The van der Waals surface area contributed by atoms with Crippen LogP contribution in [0, 0.1) is 0 Å². The summed E-state index contributed by atoms with van der Waals surface area (Å²) in [6.45, 7) is 2.14. The van der Waals surface area contributed by atoms with Gasteiger partial charge in [-0.3, -0.25) is 14.5 Å². The molecule has 2 heterocycles. The van der Waals surface area contributed by atoms with Crippen molar-refractivity contribution in [3.05, 3.63) is 53.6 Å². The molecule has 9 heteroatoms. The molecular weight excluding hydrogens is 503 g/mol. The van der Waals surface area contributed by atoms with Gasteiger partial charge in [0.05, 0.1) is 13.2 Å². The third-order valence-corrected chi connectivity index (χ3v) is 7.02. The van der Waals surface area contributed by atoms with Gasteiger partial charge >= 0.3 is 0 Å². The minimum absolute atomic E-state index is 0. The molecule has 216 valence electrons. The molecule has 2 aliphatic heterocycles. The van der Waals surface area contributed by atoms with Gasteiger partial charge in [-0.25, -0.2) is 4.39 Å². The Hall–Kier alpha value is -3.17. The summed E-state index contributed by atoms with van der Waals surface area (Å²) in [5.74, 6) is 1.78. The van der Waals surface area contributed by atoms with Crippen molar-refractivity contribution in [2.24, 2.45) is 0 Å². The number of nitrogens with one attached hydrogen (secondary N) is 1. The van der Waals surface area contributed by atoms with Crippen LogP contribution in [0.5, 0.6) is 17.2 Å². The van der Waals surface area contributed by atoms with E-state index in [2.05, 4.69) is 5.32 Å². The number of carbonyl (C=O) groups excluding carboxylic acids is 2. The lowest BCUT2D eigenvalue weighted by Gasteiger charge is -2.29. The summed E-state index contributed by atoms with van der Waals surface area (Å²) in [6.07, 6.45) is 1.33. The van der Waals surface area contributed by atoms with Crippen LogP contribution in [-0.2, 0) is 4.79 Å². The molecule has 1 fully saturated rings. The van der Waals surface area contributed by atoms with E-state index in [0.717, 1.165) is 6.42 Å². The first-order valence-corrected chi connectivity index (χ1v) is 13.3. The zero-order valence-corrected chi connectivity index (χ0v) is 21.9. The van der Waals surface area contributed by atoms with Crippen LogP contribution in [0.25, 0.3) is 0 Å². The zero-order chi connectivity index (χ0) is 26.9. The molecule has 2 aromatic carbocycles. The summed E-state index contributed by atoms with van der Waals surface area (Å²) in [6, 6.07) is 11.7. The average Bonchev–Trinajstić information content (AvgIpc) is 3.36. The number of unbranched alkanes of at least 4 members (excludes halogenated alkanes) is 2. The molecule has 2 N–H and O–H groups in total. The highest BCUT2D eigenvalue weighted by molar-refractivity contribution is 5.96. The van der Waals surface area contributed by atoms with Crippen molar-refractivity contribution in [2.75, 3.05) is 40.0 Å². The quantitative estimate of drug-likeness (QED) is 0.277. The van der Waals surface area contributed by atoms with E-state index >= 15 is 0 Å². The van der Waals surface area contributed by atoms with Crippen LogP contribution in [0.4, 0.5) is 4.39 Å². The fraction of sp³-hybridized carbons (Fsp3) is 0.533. The predicted molar refractivity (Wildman–Crippen MR) is 150 cm³/mol. The smallest absolute Gasteiger partial charge is 0.220 e. The van der Waals surface area contributed by atoms with Gasteiger partial charge in [0.25, 0.3) is 0 Å². The Balaban J connectivity index is 0.00000280. The number of likely N-dealkylation sites (tertiary alicyclic amines) is 1. The number of amides is 1. The second-order valence-corrected chi connectivity index (χ2v) is 9.88. The second kappa shape index (κ2) is 14.8. The van der Waals surface area contributed by atoms with Gasteiger partial charge in [0.2, 0.25) is 5.91 Å². The number of Topliss-reactive ketones (excluding diaryl/α,β-unsaturated/α-hetero) is 1. The SMILES string of the molecule is C.COc1ccc(C(=O)CCCCCC(=O)N[C@H](CN2CC[C@@H](F)C2)[C@H](O)c2ccc3c(c2)OCCO3)cc1.[HH]. The molecule has 3 atom stereocenters. The zero-order valence-electron chi connectivity index (χ0n) is 21.9. The fourth-order valence-electron chi connectivity index (χ4n) is 4.88. The van der Waals surface area contributed by atoms with Gasteiger partial charge in [-0.15, -0.1) is 0 Å². The summed E-state index contributed by atoms with van der Waals surface area (Å²) >= 11 is 0. The Morgan fingerprint density at radius 2 is 1.82 bits per heavy atom. The van der Waals surface area contributed by atoms with Gasteiger partial charge in [0, 0.05) is 39.5 Å². The molecule has 0 saturated carbocycles. The number of fused-ring (bicyclic) bond motifs is 1. The highest BCUT2D eigenvalue weighted by Crippen LogP contribution is 2.33. The lowest BCUT2D eigenvalue weighted by atomic mass is 10.00. The minimum Gasteiger partial charge on any atom is -0.497 e. The Bertz CT molecular complexity index is 1090. The number of hydrogen-bond acceptors (Lipinski definition) is 7. The number of hydrogen-bond donors (Lipinski definition) is 2. The first kappa shape index (κ1) is 30.4. The van der Waals surface area contributed by atoms with E-state index in [0.29, 0.717) is 86.9 Å². The molecule has 0 aliphatic carbocycles.